The van der Waals surface area contributed by atoms with Crippen molar-refractivity contribution in [1.29, 1.82) is 0 Å². The lowest BCUT2D eigenvalue weighted by Crippen LogP contribution is -2.54. The summed E-state index contributed by atoms with van der Waals surface area (Å²) in [6.45, 7) is 6.98. The maximum Gasteiger partial charge on any atom is 0.354 e. The summed E-state index contributed by atoms with van der Waals surface area (Å²) >= 11 is 0. The second-order valence-electron chi connectivity index (χ2n) is 10.4. The number of anilines is 1. The Bertz CT molecular complexity index is 1930. The van der Waals surface area contributed by atoms with Crippen molar-refractivity contribution >= 4 is 28.7 Å². The molecule has 0 aliphatic carbocycles. The zero-order valence-electron chi connectivity index (χ0n) is 28.2. The molecule has 1 aliphatic heterocycles. The average molecular weight is 557 g/mol. The molecule has 1 saturated heterocycles. The van der Waals surface area contributed by atoms with Gasteiger partial charge in [0.2, 0.25) is 5.91 Å². The molecule has 0 radical (unpaired) electrons. The number of aryl methyl sites for hydroxylation is 1. The van der Waals surface area contributed by atoms with Crippen LogP contribution in [-0.2, 0) is 4.79 Å². The number of halogens is 1. The summed E-state index contributed by atoms with van der Waals surface area (Å²) in [5, 5.41) is 0.265. The highest BCUT2D eigenvalue weighted by Gasteiger charge is 2.30. The van der Waals surface area contributed by atoms with E-state index < -0.39 is 24.9 Å². The summed E-state index contributed by atoms with van der Waals surface area (Å²) in [5.74, 6) is -0.940. The quantitative estimate of drug-likeness (QED) is 0.277. The number of carbonyl (C=O) groups excluding carboxylic acids is 1. The van der Waals surface area contributed by atoms with Gasteiger partial charge in [0.15, 0.2) is 0 Å². The van der Waals surface area contributed by atoms with Crippen LogP contribution in [0.1, 0.15) is 50.4 Å². The Morgan fingerprint density at radius 3 is 2.73 bits per heavy atom. The number of piperazine rings is 1. The largest absolute Gasteiger partial charge is 0.354 e. The molecule has 0 unspecified atom stereocenters. The first-order valence-electron chi connectivity index (χ1n) is 15.9. The molecule has 210 valence electrons. The number of amides is 1. The van der Waals surface area contributed by atoms with Gasteiger partial charge in [-0.2, -0.15) is 4.98 Å². The van der Waals surface area contributed by atoms with E-state index in [2.05, 4.69) is 16.5 Å². The number of aromatic nitrogens is 3. The molecule has 0 saturated carbocycles. The summed E-state index contributed by atoms with van der Waals surface area (Å²) in [6, 6.07) is 10.5. The molecule has 7 nitrogen and oxygen atoms in total. The van der Waals surface area contributed by atoms with Gasteiger partial charge in [0.05, 0.1) is 19.6 Å². The topological polar surface area (TPSA) is 71.3 Å². The maximum absolute atomic E-state index is 16.3. The molecule has 3 heterocycles. The molecular weight excluding hydrogens is 517 g/mol. The minimum Gasteiger partial charge on any atom is -0.350 e. The molecular formula is C33H34FN5O2. The molecule has 0 bridgehead atoms. The first-order valence-corrected chi connectivity index (χ1v) is 13.4. The van der Waals surface area contributed by atoms with E-state index in [1.54, 1.807) is 29.2 Å². The van der Waals surface area contributed by atoms with Crippen LogP contribution in [0.5, 0.6) is 0 Å². The molecule has 1 atom stereocenters. The third-order valence-electron chi connectivity index (χ3n) is 7.48. The van der Waals surface area contributed by atoms with Gasteiger partial charge in [-0.25, -0.2) is 9.18 Å². The summed E-state index contributed by atoms with van der Waals surface area (Å²) in [5.41, 5.74) is 0.650. The Labute approximate surface area is 246 Å². The van der Waals surface area contributed by atoms with Gasteiger partial charge in [-0.05, 0) is 60.7 Å². The number of rotatable bonds is 6. The first kappa shape index (κ1) is 22.1. The molecule has 1 fully saturated rings. The van der Waals surface area contributed by atoms with E-state index >= 15 is 4.39 Å². The molecule has 1 aliphatic rings. The monoisotopic (exact) mass is 556 g/mol. The summed E-state index contributed by atoms with van der Waals surface area (Å²) < 4.78 is 57.7. The van der Waals surface area contributed by atoms with E-state index in [1.807, 2.05) is 25.7 Å². The van der Waals surface area contributed by atoms with Crippen LogP contribution in [0, 0.1) is 12.7 Å². The minimum absolute atomic E-state index is 0.0614. The Kier molecular flexibility index (Phi) is 6.00. The van der Waals surface area contributed by atoms with E-state index in [9.17, 15) is 9.59 Å². The Morgan fingerprint density at radius 1 is 1.22 bits per heavy atom. The van der Waals surface area contributed by atoms with Gasteiger partial charge in [0.25, 0.3) is 0 Å². The number of hydrogen-bond acceptors (Lipinski definition) is 5. The minimum atomic E-state index is -2.62. The Hall–Kier alpha value is -4.59. The third kappa shape index (κ3) is 4.94. The van der Waals surface area contributed by atoms with Crippen molar-refractivity contribution in [3.05, 3.63) is 101 Å². The smallest absolute Gasteiger partial charge is 0.350 e. The number of pyridine rings is 1. The highest BCUT2D eigenvalue weighted by molar-refractivity contribution is 5.95. The van der Waals surface area contributed by atoms with Crippen LogP contribution in [0.4, 0.5) is 10.2 Å². The molecule has 2 aromatic heterocycles. The zero-order valence-corrected chi connectivity index (χ0v) is 23.2. The SMILES string of the molecule is [2H]C([2H])=Cc1ccccc1-c1cc2c(cc1F)c(N1CCN(C(=O)C=C)C[C@@H]1C)nc(=O)n2-c1c(C([2H])([2H])[2H])ccnc1C(C)C. The van der Waals surface area contributed by atoms with Gasteiger partial charge in [-0.3, -0.25) is 14.3 Å². The van der Waals surface area contributed by atoms with Gasteiger partial charge in [-0.15, -0.1) is 0 Å². The lowest BCUT2D eigenvalue weighted by atomic mass is 9.97. The van der Waals surface area contributed by atoms with Crippen LogP contribution in [0.2, 0.25) is 0 Å². The lowest BCUT2D eigenvalue weighted by molar-refractivity contribution is -0.126. The molecule has 4 aromatic rings. The number of nitrogens with zero attached hydrogens (tertiary/aromatic N) is 5. The normalized spacial score (nSPS) is 17.4. The van der Waals surface area contributed by atoms with Gasteiger partial charge in [0, 0.05) is 46.9 Å². The molecule has 8 heteroatoms. The van der Waals surface area contributed by atoms with E-state index in [1.165, 1.54) is 41.1 Å². The number of carbonyl (C=O) groups is 1. The summed E-state index contributed by atoms with van der Waals surface area (Å²) in [6.07, 6.45) is 3.93. The van der Waals surface area contributed by atoms with Crippen molar-refractivity contribution in [2.75, 3.05) is 24.5 Å². The molecule has 1 amide bonds. The van der Waals surface area contributed by atoms with E-state index in [0.717, 1.165) is 0 Å². The van der Waals surface area contributed by atoms with E-state index in [0.29, 0.717) is 36.5 Å². The van der Waals surface area contributed by atoms with Crippen molar-refractivity contribution in [2.24, 2.45) is 0 Å². The predicted molar refractivity (Wildman–Crippen MR) is 163 cm³/mol. The Morgan fingerprint density at radius 2 is 2.02 bits per heavy atom. The van der Waals surface area contributed by atoms with Crippen molar-refractivity contribution in [3.63, 3.8) is 0 Å². The highest BCUT2D eigenvalue weighted by Crippen LogP contribution is 2.36. The molecule has 0 spiro atoms. The van der Waals surface area contributed by atoms with Gasteiger partial charge in [0.1, 0.15) is 11.6 Å². The van der Waals surface area contributed by atoms with Crippen molar-refractivity contribution in [3.8, 4) is 16.8 Å². The van der Waals surface area contributed by atoms with Gasteiger partial charge < -0.3 is 9.80 Å². The van der Waals surface area contributed by atoms with E-state index in [4.69, 9.17) is 6.85 Å². The second kappa shape index (κ2) is 11.1. The molecule has 0 N–H and O–H groups in total. The van der Waals surface area contributed by atoms with Crippen LogP contribution < -0.4 is 10.6 Å². The Balaban J connectivity index is 1.88. The molecule has 5 rings (SSSR count). The zero-order chi connectivity index (χ0) is 33.5. The molecule has 41 heavy (non-hydrogen) atoms. The van der Waals surface area contributed by atoms with Crippen molar-refractivity contribution in [2.45, 2.75) is 39.6 Å². The third-order valence-corrected chi connectivity index (χ3v) is 7.48. The fraction of sp³-hybridized carbons (Fsp3) is 0.273. The molecule has 2 aromatic carbocycles. The summed E-state index contributed by atoms with van der Waals surface area (Å²) in [7, 11) is 0. The second-order valence-corrected chi connectivity index (χ2v) is 10.4. The number of benzene rings is 2. The highest BCUT2D eigenvalue weighted by atomic mass is 19.1. The van der Waals surface area contributed by atoms with Crippen LogP contribution in [-0.4, -0.2) is 51.0 Å². The van der Waals surface area contributed by atoms with Gasteiger partial charge >= 0.3 is 5.69 Å². The van der Waals surface area contributed by atoms with Crippen molar-refractivity contribution < 1.29 is 16.0 Å². The first-order chi connectivity index (χ1) is 21.7. The van der Waals surface area contributed by atoms with Crippen LogP contribution in [0.15, 0.2) is 72.6 Å². The van der Waals surface area contributed by atoms with Gasteiger partial charge in [-0.1, -0.05) is 57.3 Å². The fourth-order valence-corrected chi connectivity index (χ4v) is 5.47. The van der Waals surface area contributed by atoms with Crippen LogP contribution in [0.25, 0.3) is 33.8 Å². The standard InChI is InChI=1S/C33H34FN5O2/c1-7-23-11-9-10-12-24(23)25-18-28-26(17-27(25)34)32(38-16-15-37(19-22(38)6)29(40)8-2)36-33(41)39(28)31-21(5)13-14-35-30(31)20(3)4/h7-14,17-18,20,22H,1-2,15-16,19H2,3-6H3/t22-/m0/s1/i1D2,5D3. The lowest BCUT2D eigenvalue weighted by Gasteiger charge is -2.40. The number of fused-ring (bicyclic) bond motifs is 1. The average Bonchev–Trinajstić information content (AvgIpc) is 2.99. The predicted octanol–water partition coefficient (Wildman–Crippen LogP) is 5.88. The number of hydrogen-bond donors (Lipinski definition) is 0. The summed E-state index contributed by atoms with van der Waals surface area (Å²) in [4.78, 5) is 38.9. The van der Waals surface area contributed by atoms with Crippen LogP contribution in [0.3, 0.4) is 0 Å². The van der Waals surface area contributed by atoms with Crippen LogP contribution >= 0.6 is 0 Å². The van der Waals surface area contributed by atoms with Crippen molar-refractivity contribution in [1.82, 2.24) is 19.4 Å². The van der Waals surface area contributed by atoms with E-state index in [-0.39, 0.29) is 51.4 Å². The maximum atomic E-state index is 16.3. The fourth-order valence-electron chi connectivity index (χ4n) is 5.47.